The van der Waals surface area contributed by atoms with Crippen molar-refractivity contribution in [3.05, 3.63) is 35.9 Å². The summed E-state index contributed by atoms with van der Waals surface area (Å²) in [5.74, 6) is 2.31. The van der Waals surface area contributed by atoms with Crippen LogP contribution in [0.3, 0.4) is 0 Å². The van der Waals surface area contributed by atoms with Crippen LogP contribution in [-0.4, -0.2) is 21.4 Å². The van der Waals surface area contributed by atoms with Crippen molar-refractivity contribution in [1.82, 2.24) is 9.38 Å². The van der Waals surface area contributed by atoms with E-state index < -0.39 is 0 Å². The van der Waals surface area contributed by atoms with Gasteiger partial charge >= 0.3 is 0 Å². The number of imidazole rings is 1. The Labute approximate surface area is 104 Å². The summed E-state index contributed by atoms with van der Waals surface area (Å²) in [5.41, 5.74) is 1.63. The van der Waals surface area contributed by atoms with Crippen LogP contribution in [0.4, 0.5) is 0 Å². The van der Waals surface area contributed by atoms with E-state index in [2.05, 4.69) is 9.38 Å². The number of aldehydes is 1. The minimum absolute atomic E-state index is 0.480. The lowest BCUT2D eigenvalue weighted by Gasteiger charge is -2.20. The Bertz CT molecular complexity index is 543. The first-order valence-electron chi connectivity index (χ1n) is 5.93. The minimum Gasteiger partial charge on any atom is -0.302 e. The number of thioether (sulfide) groups is 1. The maximum absolute atomic E-state index is 11.0. The van der Waals surface area contributed by atoms with Crippen LogP contribution in [0.2, 0.25) is 0 Å². The van der Waals surface area contributed by atoms with Crippen molar-refractivity contribution < 1.29 is 4.79 Å². The molecule has 3 heterocycles. The smallest absolute Gasteiger partial charge is 0.152 e. The molecule has 1 aliphatic heterocycles. The molecule has 0 spiro atoms. The van der Waals surface area contributed by atoms with E-state index >= 15 is 0 Å². The number of hydrogen-bond acceptors (Lipinski definition) is 3. The van der Waals surface area contributed by atoms with Crippen LogP contribution >= 0.6 is 11.8 Å². The van der Waals surface area contributed by atoms with Gasteiger partial charge in [-0.1, -0.05) is 6.42 Å². The van der Waals surface area contributed by atoms with Crippen molar-refractivity contribution in [3.63, 3.8) is 0 Å². The number of fused-ring (bicyclic) bond motifs is 1. The molecule has 1 unspecified atom stereocenters. The average Bonchev–Trinajstić information content (AvgIpc) is 2.83. The number of nitrogens with zero attached hydrogens (tertiary/aromatic N) is 2. The molecule has 3 nitrogen and oxygen atoms in total. The van der Waals surface area contributed by atoms with Crippen LogP contribution in [0.25, 0.3) is 5.52 Å². The van der Waals surface area contributed by atoms with Crippen molar-refractivity contribution >= 4 is 23.6 Å². The molecule has 4 heteroatoms. The molecule has 1 aliphatic rings. The normalized spacial score (nSPS) is 20.6. The second kappa shape index (κ2) is 4.53. The zero-order valence-corrected chi connectivity index (χ0v) is 10.3. The van der Waals surface area contributed by atoms with E-state index in [4.69, 9.17) is 0 Å². The van der Waals surface area contributed by atoms with Gasteiger partial charge in [0.05, 0.1) is 17.0 Å². The van der Waals surface area contributed by atoms with Gasteiger partial charge in [-0.2, -0.15) is 11.8 Å². The maximum Gasteiger partial charge on any atom is 0.152 e. The van der Waals surface area contributed by atoms with Crippen molar-refractivity contribution in [2.24, 2.45) is 0 Å². The van der Waals surface area contributed by atoms with E-state index in [-0.39, 0.29) is 0 Å². The first kappa shape index (κ1) is 10.8. The Morgan fingerprint density at radius 3 is 3.18 bits per heavy atom. The maximum atomic E-state index is 11.0. The van der Waals surface area contributed by atoms with Crippen molar-refractivity contribution in [1.29, 1.82) is 0 Å². The molecule has 0 N–H and O–H groups in total. The molecule has 1 atom stereocenters. The molecule has 0 aromatic carbocycles. The van der Waals surface area contributed by atoms with Gasteiger partial charge < -0.3 is 4.40 Å². The third-order valence-electron chi connectivity index (χ3n) is 3.23. The van der Waals surface area contributed by atoms with Crippen LogP contribution in [0.15, 0.2) is 24.5 Å². The fourth-order valence-corrected chi connectivity index (χ4v) is 3.66. The SMILES string of the molecule is O=Cc1cccn2c(C3CCCCS3)ncc12. The Morgan fingerprint density at radius 1 is 1.47 bits per heavy atom. The Kier molecular flexibility index (Phi) is 2.89. The number of pyridine rings is 1. The monoisotopic (exact) mass is 246 g/mol. The Morgan fingerprint density at radius 2 is 2.41 bits per heavy atom. The number of rotatable bonds is 2. The van der Waals surface area contributed by atoms with Gasteiger partial charge in [0.2, 0.25) is 0 Å². The molecule has 88 valence electrons. The van der Waals surface area contributed by atoms with Gasteiger partial charge in [0.15, 0.2) is 6.29 Å². The summed E-state index contributed by atoms with van der Waals surface area (Å²) in [6.45, 7) is 0. The van der Waals surface area contributed by atoms with Crippen molar-refractivity contribution in [2.75, 3.05) is 5.75 Å². The first-order chi connectivity index (χ1) is 8.40. The molecule has 0 amide bonds. The van der Waals surface area contributed by atoms with E-state index in [0.717, 1.165) is 17.6 Å². The van der Waals surface area contributed by atoms with Crippen molar-refractivity contribution in [3.8, 4) is 0 Å². The number of hydrogen-bond donors (Lipinski definition) is 0. The molecule has 17 heavy (non-hydrogen) atoms. The van der Waals surface area contributed by atoms with E-state index in [1.165, 1.54) is 25.0 Å². The molecule has 1 fully saturated rings. The second-order valence-corrected chi connectivity index (χ2v) is 5.62. The molecule has 0 saturated carbocycles. The van der Waals surface area contributed by atoms with Gasteiger partial charge in [-0.05, 0) is 30.7 Å². The highest BCUT2D eigenvalue weighted by Gasteiger charge is 2.20. The summed E-state index contributed by atoms with van der Waals surface area (Å²) in [6.07, 6.45) is 8.49. The molecule has 1 saturated heterocycles. The van der Waals surface area contributed by atoms with Gasteiger partial charge in [0.25, 0.3) is 0 Å². The zero-order chi connectivity index (χ0) is 11.7. The zero-order valence-electron chi connectivity index (χ0n) is 9.50. The fourth-order valence-electron chi connectivity index (χ4n) is 2.35. The molecule has 0 aliphatic carbocycles. The lowest BCUT2D eigenvalue weighted by atomic mass is 10.2. The molecule has 2 aromatic heterocycles. The third-order valence-corrected chi connectivity index (χ3v) is 4.60. The highest BCUT2D eigenvalue weighted by atomic mass is 32.2. The lowest BCUT2D eigenvalue weighted by molar-refractivity contribution is 0.112. The second-order valence-electron chi connectivity index (χ2n) is 4.31. The quantitative estimate of drug-likeness (QED) is 0.764. The Hall–Kier alpha value is -1.29. The highest BCUT2D eigenvalue weighted by molar-refractivity contribution is 7.99. The summed E-state index contributed by atoms with van der Waals surface area (Å²) in [6, 6.07) is 3.75. The summed E-state index contributed by atoms with van der Waals surface area (Å²) < 4.78 is 2.06. The largest absolute Gasteiger partial charge is 0.302 e. The van der Waals surface area contributed by atoms with E-state index in [1.807, 2.05) is 36.3 Å². The molecular formula is C13H14N2OS. The molecule has 2 aromatic rings. The summed E-state index contributed by atoms with van der Waals surface area (Å²) in [5, 5.41) is 0.480. The lowest BCUT2D eigenvalue weighted by Crippen LogP contribution is -2.06. The number of carbonyl (C=O) groups is 1. The summed E-state index contributed by atoms with van der Waals surface area (Å²) >= 11 is 1.98. The first-order valence-corrected chi connectivity index (χ1v) is 6.98. The standard InChI is InChI=1S/C13H14N2OS/c16-9-10-4-3-6-15-11(10)8-14-13(15)12-5-1-2-7-17-12/h3-4,6,8-9,12H,1-2,5,7H2. The van der Waals surface area contributed by atoms with Gasteiger partial charge in [-0.25, -0.2) is 4.98 Å². The number of carbonyl (C=O) groups excluding carboxylic acids is 1. The third kappa shape index (κ3) is 1.86. The predicted molar refractivity (Wildman–Crippen MR) is 69.6 cm³/mol. The van der Waals surface area contributed by atoms with E-state index in [1.54, 1.807) is 0 Å². The highest BCUT2D eigenvalue weighted by Crippen LogP contribution is 2.37. The van der Waals surface area contributed by atoms with Gasteiger partial charge in [0.1, 0.15) is 5.82 Å². The fraction of sp³-hybridized carbons (Fsp3) is 0.385. The van der Waals surface area contributed by atoms with Crippen LogP contribution in [0.5, 0.6) is 0 Å². The predicted octanol–water partition coefficient (Wildman–Crippen LogP) is 3.11. The minimum atomic E-state index is 0.480. The topological polar surface area (TPSA) is 34.4 Å². The summed E-state index contributed by atoms with van der Waals surface area (Å²) in [4.78, 5) is 15.5. The van der Waals surface area contributed by atoms with Gasteiger partial charge in [-0.15, -0.1) is 0 Å². The van der Waals surface area contributed by atoms with Crippen LogP contribution in [-0.2, 0) is 0 Å². The van der Waals surface area contributed by atoms with Crippen LogP contribution in [0, 0.1) is 0 Å². The molecular weight excluding hydrogens is 232 g/mol. The molecule has 0 bridgehead atoms. The van der Waals surface area contributed by atoms with Gasteiger partial charge in [-0.3, -0.25) is 4.79 Å². The van der Waals surface area contributed by atoms with Crippen LogP contribution in [0.1, 0.15) is 40.7 Å². The average molecular weight is 246 g/mol. The van der Waals surface area contributed by atoms with Crippen LogP contribution < -0.4 is 0 Å². The Balaban J connectivity index is 2.08. The van der Waals surface area contributed by atoms with Gasteiger partial charge in [0, 0.05) is 11.8 Å². The van der Waals surface area contributed by atoms with E-state index in [9.17, 15) is 4.79 Å². The summed E-state index contributed by atoms with van der Waals surface area (Å²) in [7, 11) is 0. The van der Waals surface area contributed by atoms with Crippen molar-refractivity contribution in [2.45, 2.75) is 24.5 Å². The van der Waals surface area contributed by atoms with E-state index in [0.29, 0.717) is 10.8 Å². The number of aromatic nitrogens is 2. The molecule has 0 radical (unpaired) electrons. The molecule has 3 rings (SSSR count).